The van der Waals surface area contributed by atoms with E-state index in [9.17, 15) is 4.79 Å². The molecule has 27 heavy (non-hydrogen) atoms. The van der Waals surface area contributed by atoms with E-state index < -0.39 is 0 Å². The van der Waals surface area contributed by atoms with Gasteiger partial charge in [-0.05, 0) is 6.07 Å². The number of morpholine rings is 1. The molecule has 3 rings (SSSR count). The summed E-state index contributed by atoms with van der Waals surface area (Å²) in [5, 5.41) is 1.01. The van der Waals surface area contributed by atoms with Crippen molar-refractivity contribution in [1.82, 2.24) is 9.88 Å². The van der Waals surface area contributed by atoms with Gasteiger partial charge in [-0.3, -0.25) is 9.78 Å². The first kappa shape index (κ1) is 19.7. The van der Waals surface area contributed by atoms with Gasteiger partial charge < -0.3 is 23.8 Å². The van der Waals surface area contributed by atoms with E-state index in [-0.39, 0.29) is 5.91 Å². The van der Waals surface area contributed by atoms with Gasteiger partial charge in [0, 0.05) is 50.9 Å². The lowest BCUT2D eigenvalue weighted by molar-refractivity contribution is 0.0303. The predicted molar refractivity (Wildman–Crippen MR) is 102 cm³/mol. The molecule has 146 valence electrons. The zero-order valence-electron chi connectivity index (χ0n) is 15.5. The van der Waals surface area contributed by atoms with Crippen LogP contribution in [-0.4, -0.2) is 69.5 Å². The number of nitrogens with zero attached hydrogens (tertiary/aromatic N) is 2. The fourth-order valence-electron chi connectivity index (χ4n) is 2.91. The Morgan fingerprint density at radius 1 is 1.22 bits per heavy atom. The summed E-state index contributed by atoms with van der Waals surface area (Å²) in [7, 11) is 3.21. The number of aromatic nitrogens is 1. The first-order valence-corrected chi connectivity index (χ1v) is 9.18. The van der Waals surface area contributed by atoms with Crippen LogP contribution >= 0.6 is 11.6 Å². The van der Waals surface area contributed by atoms with Gasteiger partial charge in [0.2, 0.25) is 0 Å². The monoisotopic (exact) mass is 394 g/mol. The predicted octanol–water partition coefficient (Wildman–Crippen LogP) is 2.78. The molecule has 1 aliphatic rings. The van der Waals surface area contributed by atoms with Crippen LogP contribution in [0.5, 0.6) is 11.5 Å². The van der Waals surface area contributed by atoms with Crippen LogP contribution < -0.4 is 9.47 Å². The SMILES string of the molecule is COCCCOc1cc2ncc(C(=O)N3CCOCC3)c(Cl)c2cc1OC. The van der Waals surface area contributed by atoms with Gasteiger partial charge in [0.05, 0.1) is 43.0 Å². The third kappa shape index (κ3) is 4.43. The third-order valence-electron chi connectivity index (χ3n) is 4.37. The molecule has 1 fully saturated rings. The second-order valence-electron chi connectivity index (χ2n) is 6.11. The minimum atomic E-state index is -0.142. The van der Waals surface area contributed by atoms with Gasteiger partial charge in [0.25, 0.3) is 5.91 Å². The summed E-state index contributed by atoms with van der Waals surface area (Å²) < 4.78 is 21.5. The highest BCUT2D eigenvalue weighted by atomic mass is 35.5. The molecule has 0 N–H and O–H groups in total. The average Bonchev–Trinajstić information content (AvgIpc) is 2.71. The van der Waals surface area contributed by atoms with Crippen molar-refractivity contribution in [2.24, 2.45) is 0 Å². The van der Waals surface area contributed by atoms with Crippen molar-refractivity contribution in [3.63, 3.8) is 0 Å². The summed E-state index contributed by atoms with van der Waals surface area (Å²) in [5.41, 5.74) is 1.02. The smallest absolute Gasteiger partial charge is 0.257 e. The van der Waals surface area contributed by atoms with Crippen LogP contribution in [0.3, 0.4) is 0 Å². The molecule has 1 aromatic carbocycles. The summed E-state index contributed by atoms with van der Waals surface area (Å²) in [4.78, 5) is 18.9. The minimum Gasteiger partial charge on any atom is -0.493 e. The number of carbonyl (C=O) groups excluding carboxylic acids is 1. The molecule has 0 unspecified atom stereocenters. The Labute approximate surface area is 163 Å². The van der Waals surface area contributed by atoms with Crippen LogP contribution in [0.2, 0.25) is 5.02 Å². The van der Waals surface area contributed by atoms with E-state index in [1.54, 1.807) is 31.3 Å². The number of benzene rings is 1. The molecule has 1 aromatic heterocycles. The summed E-state index contributed by atoms with van der Waals surface area (Å²) in [6.07, 6.45) is 2.28. The maximum absolute atomic E-state index is 12.8. The number of rotatable bonds is 7. The van der Waals surface area contributed by atoms with E-state index in [1.165, 1.54) is 6.20 Å². The highest BCUT2D eigenvalue weighted by Gasteiger charge is 2.23. The number of hydrogen-bond donors (Lipinski definition) is 0. The first-order valence-electron chi connectivity index (χ1n) is 8.80. The van der Waals surface area contributed by atoms with Crippen molar-refractivity contribution in [2.45, 2.75) is 6.42 Å². The summed E-state index contributed by atoms with van der Waals surface area (Å²) in [6, 6.07) is 3.53. The molecule has 2 heterocycles. The zero-order valence-corrected chi connectivity index (χ0v) is 16.3. The van der Waals surface area contributed by atoms with Crippen molar-refractivity contribution in [3.8, 4) is 11.5 Å². The van der Waals surface area contributed by atoms with Crippen molar-refractivity contribution in [1.29, 1.82) is 0 Å². The van der Waals surface area contributed by atoms with Crippen LogP contribution in [-0.2, 0) is 9.47 Å². The summed E-state index contributed by atoms with van der Waals surface area (Å²) in [6.45, 7) is 3.27. The fraction of sp³-hybridized carbons (Fsp3) is 0.474. The molecule has 0 atom stereocenters. The van der Waals surface area contributed by atoms with Crippen molar-refractivity contribution in [2.75, 3.05) is 53.7 Å². The molecule has 7 nitrogen and oxygen atoms in total. The van der Waals surface area contributed by atoms with Gasteiger partial charge in [0.1, 0.15) is 0 Å². The van der Waals surface area contributed by atoms with Gasteiger partial charge >= 0.3 is 0 Å². The quantitative estimate of drug-likeness (QED) is 0.672. The van der Waals surface area contributed by atoms with E-state index in [4.69, 9.17) is 30.5 Å². The van der Waals surface area contributed by atoms with Gasteiger partial charge in [-0.1, -0.05) is 11.6 Å². The largest absolute Gasteiger partial charge is 0.493 e. The van der Waals surface area contributed by atoms with Gasteiger partial charge in [-0.2, -0.15) is 0 Å². The van der Waals surface area contributed by atoms with Crippen molar-refractivity contribution in [3.05, 3.63) is 28.9 Å². The van der Waals surface area contributed by atoms with Crippen LogP contribution in [0, 0.1) is 0 Å². The Hall–Kier alpha value is -2.09. The molecule has 1 aliphatic heterocycles. The molecule has 0 spiro atoms. The van der Waals surface area contributed by atoms with Gasteiger partial charge in [-0.15, -0.1) is 0 Å². The Kier molecular flexibility index (Phi) is 6.71. The Morgan fingerprint density at radius 2 is 2.00 bits per heavy atom. The lowest BCUT2D eigenvalue weighted by Gasteiger charge is -2.27. The number of hydrogen-bond acceptors (Lipinski definition) is 6. The standard InChI is InChI=1S/C19H23ClN2O5/c1-24-6-3-7-27-17-11-15-13(10-16(17)25-2)18(20)14(12-21-15)19(23)22-4-8-26-9-5-22/h10-12H,3-9H2,1-2H3. The second kappa shape index (κ2) is 9.21. The van der Waals surface area contributed by atoms with Crippen molar-refractivity contribution >= 4 is 28.4 Å². The van der Waals surface area contributed by atoms with Gasteiger partial charge in [-0.25, -0.2) is 0 Å². The zero-order chi connectivity index (χ0) is 19.2. The molecule has 0 aliphatic carbocycles. The van der Waals surface area contributed by atoms with Crippen LogP contribution in [0.15, 0.2) is 18.3 Å². The number of halogens is 1. The molecule has 2 aromatic rings. The number of methoxy groups -OCH3 is 2. The second-order valence-corrected chi connectivity index (χ2v) is 6.48. The lowest BCUT2D eigenvalue weighted by atomic mass is 10.1. The van der Waals surface area contributed by atoms with Crippen molar-refractivity contribution < 1.29 is 23.7 Å². The number of ether oxygens (including phenoxy) is 4. The topological polar surface area (TPSA) is 70.1 Å². The molecule has 0 bridgehead atoms. The highest BCUT2D eigenvalue weighted by molar-refractivity contribution is 6.38. The van der Waals surface area contributed by atoms with E-state index in [1.807, 2.05) is 0 Å². The Bertz CT molecular complexity index is 808. The fourth-order valence-corrected chi connectivity index (χ4v) is 3.19. The van der Waals surface area contributed by atoms with E-state index in [0.29, 0.717) is 72.5 Å². The lowest BCUT2D eigenvalue weighted by Crippen LogP contribution is -2.40. The van der Waals surface area contributed by atoms with E-state index >= 15 is 0 Å². The molecular formula is C19H23ClN2O5. The molecule has 0 saturated carbocycles. The van der Waals surface area contributed by atoms with Crippen LogP contribution in [0.4, 0.5) is 0 Å². The Balaban J connectivity index is 1.89. The highest BCUT2D eigenvalue weighted by Crippen LogP contribution is 2.36. The maximum Gasteiger partial charge on any atom is 0.257 e. The molecule has 1 saturated heterocycles. The minimum absolute atomic E-state index is 0.142. The van der Waals surface area contributed by atoms with Crippen LogP contribution in [0.25, 0.3) is 10.9 Å². The number of amides is 1. The number of fused-ring (bicyclic) bond motifs is 1. The maximum atomic E-state index is 12.8. The third-order valence-corrected chi connectivity index (χ3v) is 4.77. The van der Waals surface area contributed by atoms with E-state index in [0.717, 1.165) is 6.42 Å². The number of carbonyl (C=O) groups is 1. The average molecular weight is 395 g/mol. The number of pyridine rings is 1. The summed E-state index contributed by atoms with van der Waals surface area (Å²) in [5.74, 6) is 0.980. The van der Waals surface area contributed by atoms with E-state index in [2.05, 4.69) is 4.98 Å². The van der Waals surface area contributed by atoms with Crippen LogP contribution in [0.1, 0.15) is 16.8 Å². The van der Waals surface area contributed by atoms with Gasteiger partial charge in [0.15, 0.2) is 11.5 Å². The Morgan fingerprint density at radius 3 is 2.70 bits per heavy atom. The molecule has 1 amide bonds. The molecular weight excluding hydrogens is 372 g/mol. The summed E-state index contributed by atoms with van der Waals surface area (Å²) >= 11 is 6.55. The molecule has 0 radical (unpaired) electrons. The molecule has 8 heteroatoms. The first-order chi connectivity index (χ1) is 13.2. The normalized spacial score (nSPS) is 14.4.